The van der Waals surface area contributed by atoms with Gasteiger partial charge in [-0.2, -0.15) is 0 Å². The van der Waals surface area contributed by atoms with Crippen molar-refractivity contribution in [3.8, 4) is 11.5 Å². The second kappa shape index (κ2) is 4.53. The Balaban J connectivity index is 1.74. The standard InChI is InChI=1S/C18H17NO5/c1-22-14-8-18-4-2-15(20)19(18)5-3-10-6-12-13(24-9-23-12)7-11(10)16(18)17(14)21/h6-8,16H,2-5,9H2,1H3. The zero-order valence-corrected chi connectivity index (χ0v) is 13.3. The van der Waals surface area contributed by atoms with Crippen molar-refractivity contribution in [2.45, 2.75) is 30.7 Å². The summed E-state index contributed by atoms with van der Waals surface area (Å²) in [5.74, 6) is 1.35. The van der Waals surface area contributed by atoms with Crippen LogP contribution in [0.3, 0.4) is 0 Å². The molecule has 2 atom stereocenters. The minimum absolute atomic E-state index is 0.0563. The molecule has 1 spiro atoms. The molecule has 0 N–H and O–H groups in total. The Morgan fingerprint density at radius 1 is 1.21 bits per heavy atom. The molecule has 0 bridgehead atoms. The largest absolute Gasteiger partial charge is 0.493 e. The second-order valence-corrected chi connectivity index (χ2v) is 6.70. The lowest BCUT2D eigenvalue weighted by molar-refractivity contribution is -0.131. The third-order valence-electron chi connectivity index (χ3n) is 5.70. The number of benzene rings is 1. The molecular formula is C18H17NO5. The van der Waals surface area contributed by atoms with Crippen LogP contribution in [0.5, 0.6) is 11.5 Å². The Morgan fingerprint density at radius 2 is 2.00 bits per heavy atom. The first-order chi connectivity index (χ1) is 11.6. The Labute approximate surface area is 139 Å². The highest BCUT2D eigenvalue weighted by Crippen LogP contribution is 2.53. The monoisotopic (exact) mass is 327 g/mol. The van der Waals surface area contributed by atoms with Crippen LogP contribution >= 0.6 is 0 Å². The molecule has 1 saturated heterocycles. The maximum absolute atomic E-state index is 13.0. The molecular weight excluding hydrogens is 310 g/mol. The number of carbonyl (C=O) groups excluding carboxylic acids is 2. The van der Waals surface area contributed by atoms with E-state index in [9.17, 15) is 9.59 Å². The van der Waals surface area contributed by atoms with Crippen LogP contribution in [0, 0.1) is 0 Å². The smallest absolute Gasteiger partial charge is 0.231 e. The zero-order chi connectivity index (χ0) is 16.5. The molecule has 1 aliphatic carbocycles. The highest BCUT2D eigenvalue weighted by atomic mass is 16.7. The summed E-state index contributed by atoms with van der Waals surface area (Å²) in [6.45, 7) is 0.802. The fourth-order valence-corrected chi connectivity index (χ4v) is 4.63. The van der Waals surface area contributed by atoms with Gasteiger partial charge >= 0.3 is 0 Å². The van der Waals surface area contributed by atoms with Gasteiger partial charge < -0.3 is 19.1 Å². The van der Waals surface area contributed by atoms with Gasteiger partial charge in [-0.05, 0) is 42.2 Å². The average molecular weight is 327 g/mol. The van der Waals surface area contributed by atoms with Crippen molar-refractivity contribution in [1.29, 1.82) is 0 Å². The molecule has 0 aromatic heterocycles. The fourth-order valence-electron chi connectivity index (χ4n) is 4.63. The summed E-state index contributed by atoms with van der Waals surface area (Å²) in [5.41, 5.74) is 1.38. The Kier molecular flexibility index (Phi) is 2.62. The van der Waals surface area contributed by atoms with Gasteiger partial charge in [0, 0.05) is 13.0 Å². The second-order valence-electron chi connectivity index (χ2n) is 6.70. The van der Waals surface area contributed by atoms with E-state index in [2.05, 4.69) is 0 Å². The zero-order valence-electron chi connectivity index (χ0n) is 13.3. The summed E-state index contributed by atoms with van der Waals surface area (Å²) in [4.78, 5) is 27.3. The first kappa shape index (κ1) is 13.9. The van der Waals surface area contributed by atoms with Crippen molar-refractivity contribution in [3.05, 3.63) is 35.1 Å². The van der Waals surface area contributed by atoms with E-state index in [0.717, 1.165) is 11.1 Å². The van der Waals surface area contributed by atoms with E-state index in [0.29, 0.717) is 43.1 Å². The summed E-state index contributed by atoms with van der Waals surface area (Å²) in [6.07, 6.45) is 3.68. The van der Waals surface area contributed by atoms with Gasteiger partial charge in [-0.15, -0.1) is 0 Å². The lowest BCUT2D eigenvalue weighted by Crippen LogP contribution is -2.47. The molecule has 24 heavy (non-hydrogen) atoms. The van der Waals surface area contributed by atoms with E-state index in [4.69, 9.17) is 14.2 Å². The summed E-state index contributed by atoms with van der Waals surface area (Å²) >= 11 is 0. The number of nitrogens with zero attached hydrogens (tertiary/aromatic N) is 1. The van der Waals surface area contributed by atoms with Gasteiger partial charge in [-0.3, -0.25) is 9.59 Å². The lowest BCUT2D eigenvalue weighted by Gasteiger charge is -2.36. The minimum Gasteiger partial charge on any atom is -0.493 e. The number of ether oxygens (including phenoxy) is 3. The van der Waals surface area contributed by atoms with E-state index < -0.39 is 11.5 Å². The molecule has 5 rings (SSSR count). The number of methoxy groups -OCH3 is 1. The van der Waals surface area contributed by atoms with Gasteiger partial charge in [0.1, 0.15) is 0 Å². The molecule has 0 saturated carbocycles. The van der Waals surface area contributed by atoms with Crippen molar-refractivity contribution in [1.82, 2.24) is 4.90 Å². The first-order valence-corrected chi connectivity index (χ1v) is 8.18. The van der Waals surface area contributed by atoms with Crippen LogP contribution in [-0.4, -0.2) is 42.6 Å². The van der Waals surface area contributed by atoms with Gasteiger partial charge in [0.05, 0.1) is 18.6 Å². The Hall–Kier alpha value is -2.50. The molecule has 1 fully saturated rings. The van der Waals surface area contributed by atoms with Gasteiger partial charge in [-0.1, -0.05) is 0 Å². The number of allylic oxidation sites excluding steroid dienone is 1. The number of amides is 1. The van der Waals surface area contributed by atoms with E-state index in [1.54, 1.807) is 0 Å². The highest BCUT2D eigenvalue weighted by molar-refractivity contribution is 6.05. The van der Waals surface area contributed by atoms with E-state index in [-0.39, 0.29) is 18.5 Å². The van der Waals surface area contributed by atoms with E-state index >= 15 is 0 Å². The molecule has 1 aromatic rings. The maximum Gasteiger partial charge on any atom is 0.231 e. The van der Waals surface area contributed by atoms with Gasteiger partial charge in [0.15, 0.2) is 17.3 Å². The maximum atomic E-state index is 13.0. The van der Waals surface area contributed by atoms with Crippen LogP contribution < -0.4 is 9.47 Å². The molecule has 1 amide bonds. The van der Waals surface area contributed by atoms with Crippen molar-refractivity contribution >= 4 is 11.7 Å². The molecule has 6 heteroatoms. The molecule has 6 nitrogen and oxygen atoms in total. The van der Waals surface area contributed by atoms with Crippen molar-refractivity contribution in [2.24, 2.45) is 0 Å². The Bertz CT molecular complexity index is 814. The topological polar surface area (TPSA) is 65.1 Å². The number of carbonyl (C=O) groups is 2. The summed E-state index contributed by atoms with van der Waals surface area (Å²) in [5, 5.41) is 0. The quantitative estimate of drug-likeness (QED) is 0.783. The first-order valence-electron chi connectivity index (χ1n) is 8.18. The van der Waals surface area contributed by atoms with Crippen LogP contribution in [-0.2, 0) is 20.7 Å². The predicted octanol–water partition coefficient (Wildman–Crippen LogP) is 1.53. The molecule has 4 aliphatic rings. The summed E-state index contributed by atoms with van der Waals surface area (Å²) in [7, 11) is 1.51. The molecule has 3 heterocycles. The number of hydrogen-bond acceptors (Lipinski definition) is 5. The molecule has 0 radical (unpaired) electrons. The number of ketones is 1. The van der Waals surface area contributed by atoms with Gasteiger partial charge in [0.2, 0.25) is 18.5 Å². The van der Waals surface area contributed by atoms with Crippen LogP contribution in [0.15, 0.2) is 24.0 Å². The summed E-state index contributed by atoms with van der Waals surface area (Å²) in [6, 6.07) is 3.87. The van der Waals surface area contributed by atoms with Crippen LogP contribution in [0.1, 0.15) is 29.9 Å². The van der Waals surface area contributed by atoms with Crippen molar-refractivity contribution in [3.63, 3.8) is 0 Å². The highest BCUT2D eigenvalue weighted by Gasteiger charge is 2.58. The van der Waals surface area contributed by atoms with Crippen LogP contribution in [0.2, 0.25) is 0 Å². The third-order valence-corrected chi connectivity index (χ3v) is 5.70. The SMILES string of the molecule is COC1=CC23CCC(=O)N2CCc2cc4c(cc2C3C1=O)OCO4. The lowest BCUT2D eigenvalue weighted by atomic mass is 9.78. The molecule has 3 aliphatic heterocycles. The number of fused-ring (bicyclic) bond motifs is 3. The average Bonchev–Trinajstić information content (AvgIpc) is 3.20. The number of Topliss-reactive ketones (excluding diaryl/α,β-unsaturated/α-hetero) is 1. The molecule has 2 unspecified atom stereocenters. The fraction of sp³-hybridized carbons (Fsp3) is 0.444. The van der Waals surface area contributed by atoms with Crippen LogP contribution in [0.25, 0.3) is 0 Å². The van der Waals surface area contributed by atoms with E-state index in [1.165, 1.54) is 7.11 Å². The normalized spacial score (nSPS) is 29.8. The predicted molar refractivity (Wildman–Crippen MR) is 82.8 cm³/mol. The van der Waals surface area contributed by atoms with Crippen molar-refractivity contribution in [2.75, 3.05) is 20.4 Å². The molecule has 124 valence electrons. The van der Waals surface area contributed by atoms with Gasteiger partial charge in [0.25, 0.3) is 0 Å². The number of rotatable bonds is 1. The minimum atomic E-state index is -0.599. The molecule has 1 aromatic carbocycles. The Morgan fingerprint density at radius 3 is 2.79 bits per heavy atom. The van der Waals surface area contributed by atoms with Gasteiger partial charge in [-0.25, -0.2) is 0 Å². The van der Waals surface area contributed by atoms with E-state index in [1.807, 2.05) is 23.1 Å². The van der Waals surface area contributed by atoms with Crippen molar-refractivity contribution < 1.29 is 23.8 Å². The third kappa shape index (κ3) is 1.56. The van der Waals surface area contributed by atoms with Crippen LogP contribution in [0.4, 0.5) is 0 Å². The summed E-state index contributed by atoms with van der Waals surface area (Å²) < 4.78 is 16.3. The number of hydrogen-bond donors (Lipinski definition) is 0.